The molecule has 0 aromatic heterocycles. The molecular formula is C12H15FN2O4. The van der Waals surface area contributed by atoms with Crippen LogP contribution < -0.4 is 10.6 Å². The summed E-state index contributed by atoms with van der Waals surface area (Å²) in [4.78, 5) is 22.1. The summed E-state index contributed by atoms with van der Waals surface area (Å²) < 4.78 is 13.2. The lowest BCUT2D eigenvalue weighted by molar-refractivity contribution is -0.155. The van der Waals surface area contributed by atoms with Gasteiger partial charge < -0.3 is 20.8 Å². The van der Waals surface area contributed by atoms with Crippen LogP contribution in [-0.2, 0) is 4.79 Å². The second-order valence-electron chi connectivity index (χ2n) is 4.30. The van der Waals surface area contributed by atoms with Crippen LogP contribution in [0.5, 0.6) is 0 Å². The van der Waals surface area contributed by atoms with Gasteiger partial charge in [-0.3, -0.25) is 0 Å². The van der Waals surface area contributed by atoms with Gasteiger partial charge in [0.05, 0.1) is 6.54 Å². The first-order valence-electron chi connectivity index (χ1n) is 5.50. The van der Waals surface area contributed by atoms with E-state index in [1.165, 1.54) is 25.1 Å². The molecule has 0 saturated heterocycles. The van der Waals surface area contributed by atoms with E-state index < -0.39 is 30.0 Å². The Balaban J connectivity index is 2.62. The number of aliphatic hydroxyl groups is 1. The standard InChI is InChI=1S/C12H15FN2O4/c1-7-8(13)4-3-5-9(7)15-11(18)14-6-12(2,19)10(16)17/h3-5,19H,6H2,1-2H3,(H,16,17)(H2,14,15,18). The Morgan fingerprint density at radius 1 is 1.42 bits per heavy atom. The van der Waals surface area contributed by atoms with Crippen LogP contribution in [0.3, 0.4) is 0 Å². The van der Waals surface area contributed by atoms with E-state index >= 15 is 0 Å². The number of amides is 2. The van der Waals surface area contributed by atoms with Crippen LogP contribution in [0.15, 0.2) is 18.2 Å². The maximum atomic E-state index is 13.2. The first-order valence-corrected chi connectivity index (χ1v) is 5.50. The number of benzene rings is 1. The molecule has 0 fully saturated rings. The van der Waals surface area contributed by atoms with Crippen molar-refractivity contribution < 1.29 is 24.2 Å². The molecule has 0 bridgehead atoms. The third-order valence-electron chi connectivity index (χ3n) is 2.57. The topological polar surface area (TPSA) is 98.7 Å². The number of hydrogen-bond donors (Lipinski definition) is 4. The number of rotatable bonds is 4. The summed E-state index contributed by atoms with van der Waals surface area (Å²) in [5.74, 6) is -1.91. The van der Waals surface area contributed by atoms with Gasteiger partial charge in [-0.25, -0.2) is 14.0 Å². The number of nitrogens with one attached hydrogen (secondary N) is 2. The highest BCUT2D eigenvalue weighted by Gasteiger charge is 2.30. The van der Waals surface area contributed by atoms with E-state index in [9.17, 15) is 19.1 Å². The smallest absolute Gasteiger partial charge is 0.337 e. The Morgan fingerprint density at radius 2 is 2.05 bits per heavy atom. The largest absolute Gasteiger partial charge is 0.479 e. The molecule has 0 saturated carbocycles. The molecular weight excluding hydrogens is 255 g/mol. The zero-order chi connectivity index (χ0) is 14.6. The number of carbonyl (C=O) groups is 2. The second kappa shape index (κ2) is 5.66. The minimum Gasteiger partial charge on any atom is -0.479 e. The molecule has 0 spiro atoms. The van der Waals surface area contributed by atoms with Crippen molar-refractivity contribution in [1.29, 1.82) is 0 Å². The number of carboxylic acid groups (broad SMARTS) is 1. The molecule has 0 aliphatic carbocycles. The van der Waals surface area contributed by atoms with Crippen molar-refractivity contribution >= 4 is 17.7 Å². The van der Waals surface area contributed by atoms with Crippen LogP contribution in [0.1, 0.15) is 12.5 Å². The zero-order valence-electron chi connectivity index (χ0n) is 10.5. The molecule has 104 valence electrons. The van der Waals surface area contributed by atoms with Crippen LogP contribution in [0.4, 0.5) is 14.9 Å². The van der Waals surface area contributed by atoms with E-state index in [4.69, 9.17) is 5.11 Å². The van der Waals surface area contributed by atoms with E-state index in [2.05, 4.69) is 10.6 Å². The lowest BCUT2D eigenvalue weighted by atomic mass is 10.1. The van der Waals surface area contributed by atoms with Gasteiger partial charge >= 0.3 is 12.0 Å². The number of anilines is 1. The number of carbonyl (C=O) groups excluding carboxylic acids is 1. The number of hydrogen-bond acceptors (Lipinski definition) is 3. The Morgan fingerprint density at radius 3 is 2.63 bits per heavy atom. The molecule has 1 rings (SSSR count). The summed E-state index contributed by atoms with van der Waals surface area (Å²) in [5, 5.41) is 22.6. The summed E-state index contributed by atoms with van der Waals surface area (Å²) >= 11 is 0. The molecule has 0 aliphatic rings. The molecule has 0 radical (unpaired) electrons. The molecule has 1 unspecified atom stereocenters. The molecule has 0 aliphatic heterocycles. The number of carboxylic acids is 1. The fourth-order valence-corrected chi connectivity index (χ4v) is 1.24. The van der Waals surface area contributed by atoms with Crippen LogP contribution >= 0.6 is 0 Å². The number of aliphatic carboxylic acids is 1. The first kappa shape index (κ1) is 14.9. The van der Waals surface area contributed by atoms with Gasteiger partial charge in [0.15, 0.2) is 5.60 Å². The number of halogens is 1. The Kier molecular flexibility index (Phi) is 4.44. The van der Waals surface area contributed by atoms with Crippen molar-refractivity contribution in [3.05, 3.63) is 29.6 Å². The number of urea groups is 1. The van der Waals surface area contributed by atoms with Gasteiger partial charge in [-0.15, -0.1) is 0 Å². The van der Waals surface area contributed by atoms with E-state index in [0.29, 0.717) is 0 Å². The third kappa shape index (κ3) is 3.92. The first-order chi connectivity index (χ1) is 8.74. The Bertz CT molecular complexity index is 503. The molecule has 1 atom stereocenters. The van der Waals surface area contributed by atoms with Gasteiger partial charge in [0.2, 0.25) is 0 Å². The Labute approximate surface area is 109 Å². The molecule has 1 aromatic carbocycles. The maximum absolute atomic E-state index is 13.2. The highest BCUT2D eigenvalue weighted by Crippen LogP contribution is 2.17. The van der Waals surface area contributed by atoms with E-state index in [0.717, 1.165) is 6.92 Å². The van der Waals surface area contributed by atoms with E-state index in [-0.39, 0.29) is 11.3 Å². The summed E-state index contributed by atoms with van der Waals surface area (Å²) in [5.41, 5.74) is -1.52. The normalized spacial score (nSPS) is 13.5. The monoisotopic (exact) mass is 270 g/mol. The summed E-state index contributed by atoms with van der Waals surface area (Å²) in [7, 11) is 0. The minimum atomic E-state index is -2.06. The van der Waals surface area contributed by atoms with Crippen molar-refractivity contribution in [2.75, 3.05) is 11.9 Å². The highest BCUT2D eigenvalue weighted by molar-refractivity contribution is 5.90. The molecule has 6 nitrogen and oxygen atoms in total. The van der Waals surface area contributed by atoms with Gasteiger partial charge in [0, 0.05) is 11.3 Å². The fraction of sp³-hybridized carbons (Fsp3) is 0.333. The quantitative estimate of drug-likeness (QED) is 0.658. The maximum Gasteiger partial charge on any atom is 0.337 e. The molecule has 19 heavy (non-hydrogen) atoms. The van der Waals surface area contributed by atoms with Crippen molar-refractivity contribution in [1.82, 2.24) is 5.32 Å². The van der Waals surface area contributed by atoms with Gasteiger partial charge in [0.25, 0.3) is 0 Å². The third-order valence-corrected chi connectivity index (χ3v) is 2.57. The van der Waals surface area contributed by atoms with Crippen LogP contribution in [-0.4, -0.2) is 34.4 Å². The fourth-order valence-electron chi connectivity index (χ4n) is 1.24. The van der Waals surface area contributed by atoms with E-state index in [1.54, 1.807) is 0 Å². The second-order valence-corrected chi connectivity index (χ2v) is 4.30. The average Bonchev–Trinajstić information content (AvgIpc) is 2.32. The van der Waals surface area contributed by atoms with Crippen molar-refractivity contribution in [3.63, 3.8) is 0 Å². The molecule has 1 aromatic rings. The average molecular weight is 270 g/mol. The lowest BCUT2D eigenvalue weighted by Crippen LogP contribution is -2.47. The van der Waals surface area contributed by atoms with Crippen molar-refractivity contribution in [2.24, 2.45) is 0 Å². The summed E-state index contributed by atoms with van der Waals surface area (Å²) in [6.07, 6.45) is 0. The van der Waals surface area contributed by atoms with Crippen molar-refractivity contribution in [2.45, 2.75) is 19.4 Å². The van der Waals surface area contributed by atoms with Gasteiger partial charge in [0.1, 0.15) is 5.82 Å². The Hall–Kier alpha value is -2.15. The van der Waals surface area contributed by atoms with Gasteiger partial charge in [-0.05, 0) is 26.0 Å². The van der Waals surface area contributed by atoms with Crippen molar-refractivity contribution in [3.8, 4) is 0 Å². The molecule has 7 heteroatoms. The predicted molar refractivity (Wildman–Crippen MR) is 66.4 cm³/mol. The van der Waals surface area contributed by atoms with Crippen LogP contribution in [0, 0.1) is 12.7 Å². The molecule has 0 heterocycles. The van der Waals surface area contributed by atoms with Crippen LogP contribution in [0.2, 0.25) is 0 Å². The SMILES string of the molecule is Cc1c(F)cccc1NC(=O)NCC(C)(O)C(=O)O. The van der Waals surface area contributed by atoms with Gasteiger partial charge in [-0.2, -0.15) is 0 Å². The molecule has 4 N–H and O–H groups in total. The lowest BCUT2D eigenvalue weighted by Gasteiger charge is -2.18. The highest BCUT2D eigenvalue weighted by atomic mass is 19.1. The minimum absolute atomic E-state index is 0.266. The van der Waals surface area contributed by atoms with Crippen LogP contribution in [0.25, 0.3) is 0 Å². The van der Waals surface area contributed by atoms with E-state index in [1.807, 2.05) is 0 Å². The summed E-state index contributed by atoms with van der Waals surface area (Å²) in [6.45, 7) is 2.09. The summed E-state index contributed by atoms with van der Waals surface area (Å²) in [6, 6.07) is 3.47. The van der Waals surface area contributed by atoms with Gasteiger partial charge in [-0.1, -0.05) is 6.07 Å². The predicted octanol–water partition coefficient (Wildman–Crippen LogP) is 1.09. The molecule has 2 amide bonds. The zero-order valence-corrected chi connectivity index (χ0v) is 10.5.